The van der Waals surface area contributed by atoms with Crippen LogP contribution in [0.3, 0.4) is 0 Å². The van der Waals surface area contributed by atoms with E-state index in [9.17, 15) is 0 Å². The monoisotopic (exact) mass is 143 g/mol. The molecular weight excluding hydrogens is 136 g/mol. The van der Waals surface area contributed by atoms with Crippen LogP contribution in [0.4, 0.5) is 5.82 Å². The van der Waals surface area contributed by atoms with Gasteiger partial charge in [-0.1, -0.05) is 11.6 Å². The Morgan fingerprint density at radius 2 is 2.44 bits per heavy atom. The molecule has 48 valence electrons. The molecule has 0 aliphatic heterocycles. The Kier molecular flexibility index (Phi) is 2.03. The maximum atomic E-state index is 5.73. The van der Waals surface area contributed by atoms with Crippen LogP contribution in [0.1, 0.15) is 0 Å². The first-order valence-corrected chi connectivity index (χ1v) is 3.12. The van der Waals surface area contributed by atoms with E-state index in [2.05, 4.69) is 4.98 Å². The van der Waals surface area contributed by atoms with Gasteiger partial charge in [0.05, 0.1) is 7.05 Å². The maximum Gasteiger partial charge on any atom is 0.243 e. The number of rotatable bonds is 1. The van der Waals surface area contributed by atoms with Gasteiger partial charge in [0.25, 0.3) is 0 Å². The van der Waals surface area contributed by atoms with Crippen LogP contribution in [0.2, 0.25) is 5.02 Å². The third-order valence-electron chi connectivity index (χ3n) is 1.06. The van der Waals surface area contributed by atoms with E-state index in [0.717, 1.165) is 5.82 Å². The Hall–Kier alpha value is -0.600. The van der Waals surface area contributed by atoms with Crippen LogP contribution in [0.25, 0.3) is 0 Å². The molecule has 0 bridgehead atoms. The van der Waals surface area contributed by atoms with E-state index in [-0.39, 0.29) is 0 Å². The second-order valence-corrected chi connectivity index (χ2v) is 2.07. The summed E-state index contributed by atoms with van der Waals surface area (Å²) in [6.07, 6.45) is 1.72. The number of pyridine rings is 1. The topological polar surface area (TPSA) is 29.5 Å². The van der Waals surface area contributed by atoms with Gasteiger partial charge in [0.1, 0.15) is 5.02 Å². The average molecular weight is 144 g/mol. The number of halogens is 1. The van der Waals surface area contributed by atoms with Crippen molar-refractivity contribution < 1.29 is 5.32 Å². The summed E-state index contributed by atoms with van der Waals surface area (Å²) in [6.45, 7) is 0. The van der Waals surface area contributed by atoms with Crippen molar-refractivity contribution in [1.29, 1.82) is 0 Å². The molecule has 0 fully saturated rings. The second kappa shape index (κ2) is 2.80. The predicted molar refractivity (Wildman–Crippen MR) is 36.8 cm³/mol. The Bertz CT molecular complexity index is 200. The third kappa shape index (κ3) is 1.40. The number of quaternary nitrogens is 1. The molecule has 9 heavy (non-hydrogen) atoms. The van der Waals surface area contributed by atoms with E-state index >= 15 is 0 Å². The van der Waals surface area contributed by atoms with Gasteiger partial charge in [0.2, 0.25) is 5.82 Å². The summed E-state index contributed by atoms with van der Waals surface area (Å²) < 4.78 is 0. The fourth-order valence-electron chi connectivity index (χ4n) is 0.610. The molecule has 2 N–H and O–H groups in total. The zero-order valence-electron chi connectivity index (χ0n) is 5.13. The van der Waals surface area contributed by atoms with Crippen LogP contribution < -0.4 is 5.32 Å². The highest BCUT2D eigenvalue weighted by atomic mass is 35.5. The van der Waals surface area contributed by atoms with Crippen molar-refractivity contribution in [3.63, 3.8) is 0 Å². The van der Waals surface area contributed by atoms with Crippen molar-refractivity contribution >= 4 is 17.4 Å². The van der Waals surface area contributed by atoms with E-state index in [4.69, 9.17) is 11.6 Å². The molecule has 2 nitrogen and oxygen atoms in total. The van der Waals surface area contributed by atoms with Crippen LogP contribution >= 0.6 is 11.6 Å². The molecule has 0 saturated carbocycles. The lowest BCUT2D eigenvalue weighted by Gasteiger charge is -1.92. The minimum atomic E-state index is 0.708. The number of nitrogens with zero attached hydrogens (tertiary/aromatic N) is 1. The highest BCUT2D eigenvalue weighted by molar-refractivity contribution is 6.32. The van der Waals surface area contributed by atoms with Gasteiger partial charge in [-0.2, -0.15) is 0 Å². The smallest absolute Gasteiger partial charge is 0.243 e. The molecule has 0 atom stereocenters. The average Bonchev–Trinajstić information content (AvgIpc) is 1.89. The summed E-state index contributed by atoms with van der Waals surface area (Å²) >= 11 is 5.73. The van der Waals surface area contributed by atoms with Crippen molar-refractivity contribution in [2.75, 3.05) is 7.05 Å². The van der Waals surface area contributed by atoms with Crippen LogP contribution in [0.15, 0.2) is 18.3 Å². The summed E-state index contributed by atoms with van der Waals surface area (Å²) in [4.78, 5) is 4.01. The van der Waals surface area contributed by atoms with Gasteiger partial charge in [-0.05, 0) is 12.1 Å². The lowest BCUT2D eigenvalue weighted by Crippen LogP contribution is -2.73. The first kappa shape index (κ1) is 6.52. The molecule has 1 rings (SSSR count). The number of aromatic nitrogens is 1. The molecule has 0 unspecified atom stereocenters. The summed E-state index contributed by atoms with van der Waals surface area (Å²) in [5.74, 6) is 0.846. The largest absolute Gasteiger partial charge is 0.298 e. The van der Waals surface area contributed by atoms with E-state index < -0.39 is 0 Å². The minimum Gasteiger partial charge on any atom is -0.298 e. The Labute approximate surface area is 58.9 Å². The molecule has 0 amide bonds. The Morgan fingerprint density at radius 1 is 1.67 bits per heavy atom. The van der Waals surface area contributed by atoms with Crippen molar-refractivity contribution in [2.45, 2.75) is 0 Å². The van der Waals surface area contributed by atoms with Crippen molar-refractivity contribution in [1.82, 2.24) is 4.98 Å². The minimum absolute atomic E-state index is 0.708. The number of nitrogens with two attached hydrogens (primary N) is 1. The maximum absolute atomic E-state index is 5.73. The molecule has 3 heteroatoms. The molecule has 0 radical (unpaired) electrons. The molecule has 0 saturated heterocycles. The molecule has 0 spiro atoms. The van der Waals surface area contributed by atoms with Crippen LogP contribution in [0, 0.1) is 0 Å². The predicted octanol–water partition coefficient (Wildman–Crippen LogP) is 0.560. The summed E-state index contributed by atoms with van der Waals surface area (Å²) in [5.41, 5.74) is 0. The highest BCUT2D eigenvalue weighted by Gasteiger charge is 1.98. The van der Waals surface area contributed by atoms with Gasteiger partial charge in [-0.15, -0.1) is 0 Å². The van der Waals surface area contributed by atoms with Crippen molar-refractivity contribution in [3.05, 3.63) is 23.4 Å². The standard InChI is InChI=1S/C6H7ClN2/c1-8-6-5(7)3-2-4-9-6/h2-4H,1H3,(H,8,9)/p+1. The normalized spacial score (nSPS) is 9.56. The zero-order chi connectivity index (χ0) is 6.69. The summed E-state index contributed by atoms with van der Waals surface area (Å²) in [7, 11) is 1.91. The number of hydrogen-bond donors (Lipinski definition) is 1. The van der Waals surface area contributed by atoms with Gasteiger partial charge >= 0.3 is 0 Å². The Balaban J connectivity index is 3.01. The third-order valence-corrected chi connectivity index (χ3v) is 1.38. The van der Waals surface area contributed by atoms with Gasteiger partial charge in [-0.25, -0.2) is 4.98 Å². The molecule has 1 aromatic heterocycles. The van der Waals surface area contributed by atoms with Gasteiger partial charge in [0, 0.05) is 6.20 Å². The molecule has 0 aliphatic carbocycles. The van der Waals surface area contributed by atoms with Crippen LogP contribution in [-0.2, 0) is 0 Å². The highest BCUT2D eigenvalue weighted by Crippen LogP contribution is 2.11. The first-order valence-electron chi connectivity index (χ1n) is 2.74. The molecule has 1 aromatic rings. The zero-order valence-corrected chi connectivity index (χ0v) is 5.89. The lowest BCUT2D eigenvalue weighted by atomic mass is 10.5. The lowest BCUT2D eigenvalue weighted by molar-refractivity contribution is -0.543. The van der Waals surface area contributed by atoms with Crippen LogP contribution in [-0.4, -0.2) is 12.0 Å². The SMILES string of the molecule is C[NH2+]c1ncccc1Cl. The first-order chi connectivity index (χ1) is 4.34. The fraction of sp³-hybridized carbons (Fsp3) is 0.167. The molecule has 0 aliphatic rings. The van der Waals surface area contributed by atoms with E-state index in [1.807, 2.05) is 24.5 Å². The Morgan fingerprint density at radius 3 is 2.89 bits per heavy atom. The van der Waals surface area contributed by atoms with Gasteiger partial charge in [-0.3, -0.25) is 5.32 Å². The van der Waals surface area contributed by atoms with Gasteiger partial charge in [0.15, 0.2) is 0 Å². The molecular formula is C6H8ClN2+. The van der Waals surface area contributed by atoms with E-state index in [0.29, 0.717) is 5.02 Å². The van der Waals surface area contributed by atoms with Crippen LogP contribution in [0.5, 0.6) is 0 Å². The molecule has 1 heterocycles. The van der Waals surface area contributed by atoms with E-state index in [1.165, 1.54) is 0 Å². The molecule has 0 aromatic carbocycles. The fourth-order valence-corrected chi connectivity index (χ4v) is 0.841. The van der Waals surface area contributed by atoms with Gasteiger partial charge < -0.3 is 0 Å². The van der Waals surface area contributed by atoms with Crippen molar-refractivity contribution in [3.8, 4) is 0 Å². The summed E-state index contributed by atoms with van der Waals surface area (Å²) in [5, 5.41) is 2.59. The second-order valence-electron chi connectivity index (χ2n) is 1.66. The number of hydrogen-bond acceptors (Lipinski definition) is 1. The summed E-state index contributed by atoms with van der Waals surface area (Å²) in [6, 6.07) is 3.64. The van der Waals surface area contributed by atoms with E-state index in [1.54, 1.807) is 6.20 Å². The quantitative estimate of drug-likeness (QED) is 0.612. The van der Waals surface area contributed by atoms with Crippen molar-refractivity contribution in [2.24, 2.45) is 0 Å².